The normalized spacial score (nSPS) is 12.6. The van der Waals surface area contributed by atoms with Crippen molar-refractivity contribution < 1.29 is 24.6 Å². The van der Waals surface area contributed by atoms with Crippen LogP contribution < -0.4 is 5.56 Å². The number of carbonyl (C=O) groups is 3. The molecule has 0 spiro atoms. The van der Waals surface area contributed by atoms with Crippen molar-refractivity contribution in [2.24, 2.45) is 0 Å². The van der Waals surface area contributed by atoms with E-state index in [-0.39, 0.29) is 17.9 Å². The predicted octanol–water partition coefficient (Wildman–Crippen LogP) is 1.04. The fraction of sp³-hybridized carbons (Fsp3) is 0.286. The zero-order valence-corrected chi connectivity index (χ0v) is 16.9. The Morgan fingerprint density at radius 1 is 1.26 bits per heavy atom. The Labute approximate surface area is 177 Å². The monoisotopic (exact) mass is 426 g/mol. The van der Waals surface area contributed by atoms with Gasteiger partial charge in [0.25, 0.3) is 12.0 Å². The van der Waals surface area contributed by atoms with E-state index in [1.807, 2.05) is 35.0 Å². The summed E-state index contributed by atoms with van der Waals surface area (Å²) < 4.78 is 3.33. The van der Waals surface area contributed by atoms with Gasteiger partial charge in [-0.05, 0) is 29.7 Å². The lowest BCUT2D eigenvalue weighted by molar-refractivity contribution is -0.129. The average Bonchev–Trinajstić information content (AvgIpc) is 3.15. The summed E-state index contributed by atoms with van der Waals surface area (Å²) in [7, 11) is 0. The van der Waals surface area contributed by atoms with E-state index in [2.05, 4.69) is 4.98 Å². The average molecular weight is 426 g/mol. The number of aryl methyl sites for hydroxylation is 2. The Kier molecular flexibility index (Phi) is 6.49. The van der Waals surface area contributed by atoms with Crippen LogP contribution >= 0.6 is 0 Å². The van der Waals surface area contributed by atoms with Gasteiger partial charge in [0.2, 0.25) is 5.91 Å². The maximum Gasteiger partial charge on any atom is 0.341 e. The van der Waals surface area contributed by atoms with Crippen LogP contribution in [0.2, 0.25) is 0 Å². The van der Waals surface area contributed by atoms with Gasteiger partial charge in [-0.25, -0.2) is 9.78 Å². The molecule has 4 heterocycles. The smallest absolute Gasteiger partial charge is 0.341 e. The number of carbonyl (C=O) groups excluding carboxylic acids is 1. The van der Waals surface area contributed by atoms with E-state index in [0.29, 0.717) is 43.6 Å². The molecule has 0 bridgehead atoms. The van der Waals surface area contributed by atoms with E-state index in [1.54, 1.807) is 11.1 Å². The highest BCUT2D eigenvalue weighted by Gasteiger charge is 2.26. The van der Waals surface area contributed by atoms with Crippen molar-refractivity contribution in [1.82, 2.24) is 18.9 Å². The third-order valence-corrected chi connectivity index (χ3v) is 5.15. The summed E-state index contributed by atoms with van der Waals surface area (Å²) in [5.74, 6) is -1.29. The number of nitrogens with zero attached hydrogens (tertiary/aromatic N) is 4. The SMILES string of the molecule is CC(=O)N1CCc2c(cn(CCc3cn4ccccc4n3)c(=O)c2C(=O)O)C1.O=CO. The predicted molar refractivity (Wildman–Crippen MR) is 110 cm³/mol. The van der Waals surface area contributed by atoms with Crippen LogP contribution in [0.4, 0.5) is 0 Å². The first-order valence-corrected chi connectivity index (χ1v) is 9.60. The molecule has 3 aromatic rings. The molecule has 1 aliphatic rings. The van der Waals surface area contributed by atoms with Crippen molar-refractivity contribution in [2.45, 2.75) is 32.9 Å². The van der Waals surface area contributed by atoms with Gasteiger partial charge in [-0.2, -0.15) is 0 Å². The number of fused-ring (bicyclic) bond motifs is 2. The molecule has 162 valence electrons. The number of aromatic carboxylic acids is 1. The molecule has 0 saturated carbocycles. The van der Waals surface area contributed by atoms with Gasteiger partial charge in [0.05, 0.1) is 5.69 Å². The zero-order chi connectivity index (χ0) is 22.5. The van der Waals surface area contributed by atoms with Crippen LogP contribution in [0.25, 0.3) is 5.65 Å². The summed E-state index contributed by atoms with van der Waals surface area (Å²) in [6.45, 7) is 2.30. The second-order valence-corrected chi connectivity index (χ2v) is 7.06. The minimum atomic E-state index is -1.22. The topological polar surface area (TPSA) is 134 Å². The van der Waals surface area contributed by atoms with Gasteiger partial charge in [0, 0.05) is 51.6 Å². The molecule has 1 amide bonds. The molecule has 0 atom stereocenters. The second-order valence-electron chi connectivity index (χ2n) is 7.06. The summed E-state index contributed by atoms with van der Waals surface area (Å²) in [4.78, 5) is 50.8. The van der Waals surface area contributed by atoms with Crippen LogP contribution in [-0.2, 0) is 35.5 Å². The first-order valence-electron chi connectivity index (χ1n) is 9.60. The van der Waals surface area contributed by atoms with Crippen molar-refractivity contribution in [3.8, 4) is 0 Å². The minimum absolute atomic E-state index is 0.0648. The lowest BCUT2D eigenvalue weighted by atomic mass is 9.96. The Balaban J connectivity index is 0.000000858. The van der Waals surface area contributed by atoms with Crippen LogP contribution in [0.5, 0.6) is 0 Å². The Hall–Kier alpha value is -3.95. The fourth-order valence-electron chi connectivity index (χ4n) is 3.71. The quantitative estimate of drug-likeness (QED) is 0.595. The van der Waals surface area contributed by atoms with Gasteiger partial charge >= 0.3 is 5.97 Å². The summed E-state index contributed by atoms with van der Waals surface area (Å²) in [6.07, 6.45) is 6.36. The van der Waals surface area contributed by atoms with Crippen LogP contribution in [-0.4, -0.2) is 54.0 Å². The molecular weight excluding hydrogens is 404 g/mol. The summed E-state index contributed by atoms with van der Waals surface area (Å²) >= 11 is 0. The van der Waals surface area contributed by atoms with E-state index in [1.165, 1.54) is 11.5 Å². The molecule has 4 rings (SSSR count). The molecule has 0 unspecified atom stereocenters. The van der Waals surface area contributed by atoms with Crippen LogP contribution in [0.15, 0.2) is 41.6 Å². The number of hydrogen-bond acceptors (Lipinski definition) is 5. The summed E-state index contributed by atoms with van der Waals surface area (Å²) in [6, 6.07) is 5.71. The third-order valence-electron chi connectivity index (χ3n) is 5.15. The van der Waals surface area contributed by atoms with Crippen molar-refractivity contribution >= 4 is 24.0 Å². The Morgan fingerprint density at radius 3 is 2.65 bits per heavy atom. The number of carboxylic acid groups (broad SMARTS) is 2. The van der Waals surface area contributed by atoms with Crippen molar-refractivity contribution in [1.29, 1.82) is 0 Å². The standard InChI is InChI=1S/C20H20N4O4.CH2O2/c1-13(25)22-9-6-16-14(10-22)11-24(19(26)18(16)20(27)28)8-5-15-12-23-7-3-2-4-17(23)21-15;2-1-3/h2-4,7,11-12H,5-6,8-10H2,1H3,(H,27,28);1H,(H,2,3). The van der Waals surface area contributed by atoms with Crippen molar-refractivity contribution in [2.75, 3.05) is 6.54 Å². The van der Waals surface area contributed by atoms with Crippen LogP contribution in [0.1, 0.15) is 34.1 Å². The molecule has 0 aromatic carbocycles. The molecular formula is C21H22N4O6. The van der Waals surface area contributed by atoms with Crippen molar-refractivity contribution in [3.05, 3.63) is 69.5 Å². The van der Waals surface area contributed by atoms with E-state index in [4.69, 9.17) is 9.90 Å². The van der Waals surface area contributed by atoms with Gasteiger partial charge in [0.1, 0.15) is 11.2 Å². The van der Waals surface area contributed by atoms with Crippen molar-refractivity contribution in [3.63, 3.8) is 0 Å². The highest BCUT2D eigenvalue weighted by atomic mass is 16.4. The van der Waals surface area contributed by atoms with Crippen LogP contribution in [0, 0.1) is 0 Å². The minimum Gasteiger partial charge on any atom is -0.483 e. The lowest BCUT2D eigenvalue weighted by Gasteiger charge is -2.29. The molecule has 2 N–H and O–H groups in total. The number of amides is 1. The first kappa shape index (κ1) is 21.8. The Morgan fingerprint density at radius 2 is 2.00 bits per heavy atom. The van der Waals surface area contributed by atoms with Crippen LogP contribution in [0.3, 0.4) is 0 Å². The van der Waals surface area contributed by atoms with Gasteiger partial charge in [-0.1, -0.05) is 6.07 Å². The zero-order valence-electron chi connectivity index (χ0n) is 16.9. The number of pyridine rings is 2. The maximum absolute atomic E-state index is 12.8. The number of hydrogen-bond donors (Lipinski definition) is 2. The van der Waals surface area contributed by atoms with Gasteiger partial charge in [-0.3, -0.25) is 14.4 Å². The van der Waals surface area contributed by atoms with E-state index >= 15 is 0 Å². The van der Waals surface area contributed by atoms with Gasteiger partial charge in [-0.15, -0.1) is 0 Å². The summed E-state index contributed by atoms with van der Waals surface area (Å²) in [5, 5.41) is 16.5. The number of imidazole rings is 1. The lowest BCUT2D eigenvalue weighted by Crippen LogP contribution is -2.38. The molecule has 0 radical (unpaired) electrons. The molecule has 0 aliphatic carbocycles. The van der Waals surface area contributed by atoms with E-state index in [0.717, 1.165) is 11.3 Å². The molecule has 0 fully saturated rings. The molecule has 31 heavy (non-hydrogen) atoms. The number of carboxylic acids is 1. The van der Waals surface area contributed by atoms with Gasteiger partial charge < -0.3 is 24.1 Å². The third kappa shape index (κ3) is 4.63. The molecule has 3 aromatic heterocycles. The molecule has 10 heteroatoms. The highest BCUT2D eigenvalue weighted by Crippen LogP contribution is 2.21. The summed E-state index contributed by atoms with van der Waals surface area (Å²) in [5.41, 5.74) is 2.20. The second kappa shape index (κ2) is 9.24. The van der Waals surface area contributed by atoms with E-state index < -0.39 is 11.5 Å². The maximum atomic E-state index is 12.8. The molecule has 1 aliphatic heterocycles. The molecule has 10 nitrogen and oxygen atoms in total. The van der Waals surface area contributed by atoms with Gasteiger partial charge in [0.15, 0.2) is 0 Å². The Bertz CT molecular complexity index is 1160. The number of rotatable bonds is 4. The highest BCUT2D eigenvalue weighted by molar-refractivity contribution is 5.89. The van der Waals surface area contributed by atoms with E-state index in [9.17, 15) is 19.5 Å². The fourth-order valence-corrected chi connectivity index (χ4v) is 3.71. The first-order chi connectivity index (χ1) is 14.8. The molecule has 0 saturated heterocycles. The number of aromatic nitrogens is 3. The largest absolute Gasteiger partial charge is 0.483 e.